The van der Waals surface area contributed by atoms with Crippen molar-refractivity contribution in [3.63, 3.8) is 0 Å². The van der Waals surface area contributed by atoms with Gasteiger partial charge in [0.1, 0.15) is 5.82 Å². The van der Waals surface area contributed by atoms with Crippen molar-refractivity contribution < 1.29 is 9.90 Å². The van der Waals surface area contributed by atoms with Crippen LogP contribution >= 0.6 is 0 Å². The summed E-state index contributed by atoms with van der Waals surface area (Å²) < 4.78 is 0. The monoisotopic (exact) mass is 236 g/mol. The van der Waals surface area contributed by atoms with Gasteiger partial charge >= 0.3 is 0 Å². The zero-order valence-corrected chi connectivity index (χ0v) is 9.39. The number of carbonyl (C=O) groups is 1. The maximum absolute atomic E-state index is 11.2. The van der Waals surface area contributed by atoms with Gasteiger partial charge in [0.05, 0.1) is 23.6 Å². The Hall–Kier alpha value is -1.82. The molecule has 1 aliphatic carbocycles. The first kappa shape index (κ1) is 11.7. The zero-order chi connectivity index (χ0) is 12.4. The van der Waals surface area contributed by atoms with Gasteiger partial charge in [-0.3, -0.25) is 4.79 Å². The number of hydrogen-bond donors (Lipinski definition) is 4. The third kappa shape index (κ3) is 2.65. The van der Waals surface area contributed by atoms with E-state index in [2.05, 4.69) is 10.3 Å². The van der Waals surface area contributed by atoms with Crippen LogP contribution in [0, 0.1) is 5.92 Å². The van der Waals surface area contributed by atoms with Gasteiger partial charge in [-0.15, -0.1) is 0 Å². The molecule has 1 fully saturated rings. The molecule has 0 aliphatic heterocycles. The van der Waals surface area contributed by atoms with Crippen molar-refractivity contribution in [2.24, 2.45) is 11.7 Å². The van der Waals surface area contributed by atoms with Crippen LogP contribution in [-0.4, -0.2) is 28.6 Å². The van der Waals surface area contributed by atoms with Crippen LogP contribution in [0.5, 0.6) is 0 Å². The summed E-state index contributed by atoms with van der Waals surface area (Å²) in [6, 6.07) is 1.51. The molecule has 1 saturated carbocycles. The minimum absolute atomic E-state index is 0.184. The van der Waals surface area contributed by atoms with E-state index < -0.39 is 5.91 Å². The molecule has 0 atom stereocenters. The maximum atomic E-state index is 11.2. The molecular weight excluding hydrogens is 220 g/mol. The number of nitrogens with zero attached hydrogens (tertiary/aromatic N) is 1. The van der Waals surface area contributed by atoms with E-state index in [0.717, 1.165) is 12.8 Å². The number of nitrogens with two attached hydrogens (primary N) is 2. The van der Waals surface area contributed by atoms with Crippen molar-refractivity contribution >= 4 is 17.4 Å². The summed E-state index contributed by atoms with van der Waals surface area (Å²) in [6.07, 6.45) is 2.86. The molecule has 1 aliphatic rings. The SMILES string of the molecule is NC(=O)c1cc(N)cnc1NCC1CC(O)C1. The second-order valence-corrected chi connectivity index (χ2v) is 4.40. The van der Waals surface area contributed by atoms with Crippen molar-refractivity contribution in [2.75, 3.05) is 17.6 Å². The minimum atomic E-state index is -0.555. The number of carbonyl (C=O) groups excluding carboxylic acids is 1. The number of aromatic nitrogens is 1. The number of aliphatic hydroxyl groups excluding tert-OH is 1. The molecule has 1 heterocycles. The third-order valence-corrected chi connectivity index (χ3v) is 2.94. The van der Waals surface area contributed by atoms with Crippen LogP contribution in [0.1, 0.15) is 23.2 Å². The lowest BCUT2D eigenvalue weighted by Gasteiger charge is -2.31. The molecule has 2 rings (SSSR count). The topological polar surface area (TPSA) is 114 Å². The number of hydrogen-bond acceptors (Lipinski definition) is 5. The molecular formula is C11H16N4O2. The van der Waals surface area contributed by atoms with Crippen molar-refractivity contribution in [2.45, 2.75) is 18.9 Å². The molecule has 0 spiro atoms. The first-order chi connectivity index (χ1) is 8.06. The van der Waals surface area contributed by atoms with Crippen LogP contribution in [0.3, 0.4) is 0 Å². The molecule has 0 saturated heterocycles. The summed E-state index contributed by atoms with van der Waals surface area (Å²) in [6.45, 7) is 0.675. The molecule has 0 unspecified atom stereocenters. The highest BCUT2D eigenvalue weighted by atomic mass is 16.3. The van der Waals surface area contributed by atoms with Gasteiger partial charge < -0.3 is 21.9 Å². The van der Waals surface area contributed by atoms with E-state index in [-0.39, 0.29) is 6.10 Å². The number of amides is 1. The van der Waals surface area contributed by atoms with Crippen LogP contribution in [0.25, 0.3) is 0 Å². The fourth-order valence-corrected chi connectivity index (χ4v) is 1.92. The number of anilines is 2. The van der Waals surface area contributed by atoms with Gasteiger partial charge in [0, 0.05) is 6.54 Å². The lowest BCUT2D eigenvalue weighted by atomic mass is 9.82. The molecule has 0 aromatic carbocycles. The molecule has 1 amide bonds. The van der Waals surface area contributed by atoms with E-state index in [9.17, 15) is 4.79 Å². The highest BCUT2D eigenvalue weighted by molar-refractivity contribution is 5.98. The van der Waals surface area contributed by atoms with Crippen molar-refractivity contribution in [1.82, 2.24) is 4.98 Å². The summed E-state index contributed by atoms with van der Waals surface area (Å²) in [4.78, 5) is 15.3. The molecule has 6 N–H and O–H groups in total. The first-order valence-corrected chi connectivity index (χ1v) is 5.53. The van der Waals surface area contributed by atoms with Crippen LogP contribution in [0.2, 0.25) is 0 Å². The predicted molar refractivity (Wildman–Crippen MR) is 64.4 cm³/mol. The van der Waals surface area contributed by atoms with E-state index in [1.807, 2.05) is 0 Å². The summed E-state index contributed by atoms with van der Waals surface area (Å²) in [5, 5.41) is 12.2. The lowest BCUT2D eigenvalue weighted by Crippen LogP contribution is -2.33. The number of rotatable bonds is 4. The van der Waals surface area contributed by atoms with Gasteiger partial charge in [0.2, 0.25) is 0 Å². The molecule has 0 radical (unpaired) electrons. The molecule has 1 aromatic rings. The zero-order valence-electron chi connectivity index (χ0n) is 9.39. The third-order valence-electron chi connectivity index (χ3n) is 2.94. The summed E-state index contributed by atoms with van der Waals surface area (Å²) in [5.41, 5.74) is 11.5. The lowest BCUT2D eigenvalue weighted by molar-refractivity contribution is 0.0486. The fourth-order valence-electron chi connectivity index (χ4n) is 1.92. The molecule has 1 aromatic heterocycles. The summed E-state index contributed by atoms with van der Waals surface area (Å²) >= 11 is 0. The Morgan fingerprint density at radius 3 is 2.88 bits per heavy atom. The normalized spacial score (nSPS) is 22.9. The standard InChI is InChI=1S/C11H16N4O2/c12-7-3-9(10(13)17)11(15-5-7)14-4-6-1-8(16)2-6/h3,5-6,8,16H,1-2,4,12H2,(H2,13,17)(H,14,15). The Morgan fingerprint density at radius 1 is 1.59 bits per heavy atom. The van der Waals surface area contributed by atoms with E-state index >= 15 is 0 Å². The average Bonchev–Trinajstić information content (AvgIpc) is 2.24. The van der Waals surface area contributed by atoms with Crippen LogP contribution < -0.4 is 16.8 Å². The van der Waals surface area contributed by atoms with E-state index in [4.69, 9.17) is 16.6 Å². The van der Waals surface area contributed by atoms with Gasteiger partial charge in [-0.2, -0.15) is 0 Å². The largest absolute Gasteiger partial charge is 0.397 e. The van der Waals surface area contributed by atoms with E-state index in [0.29, 0.717) is 29.5 Å². The summed E-state index contributed by atoms with van der Waals surface area (Å²) in [7, 11) is 0. The van der Waals surface area contributed by atoms with Crippen molar-refractivity contribution in [3.8, 4) is 0 Å². The van der Waals surface area contributed by atoms with E-state index in [1.165, 1.54) is 12.3 Å². The fraction of sp³-hybridized carbons (Fsp3) is 0.455. The van der Waals surface area contributed by atoms with Gasteiger partial charge in [0.15, 0.2) is 0 Å². The van der Waals surface area contributed by atoms with Gasteiger partial charge in [-0.25, -0.2) is 4.98 Å². The van der Waals surface area contributed by atoms with Gasteiger partial charge in [-0.1, -0.05) is 0 Å². The second-order valence-electron chi connectivity index (χ2n) is 4.40. The van der Waals surface area contributed by atoms with E-state index in [1.54, 1.807) is 0 Å². The molecule has 0 bridgehead atoms. The second kappa shape index (κ2) is 4.58. The Labute approximate surface area is 99.0 Å². The Balaban J connectivity index is 2.02. The average molecular weight is 236 g/mol. The first-order valence-electron chi connectivity index (χ1n) is 5.53. The molecule has 6 heteroatoms. The molecule has 17 heavy (non-hydrogen) atoms. The maximum Gasteiger partial charge on any atom is 0.252 e. The molecule has 92 valence electrons. The Kier molecular flexibility index (Phi) is 3.14. The Bertz CT molecular complexity index is 429. The van der Waals surface area contributed by atoms with Crippen LogP contribution in [0.15, 0.2) is 12.3 Å². The number of nitrogen functional groups attached to an aromatic ring is 1. The summed E-state index contributed by atoms with van der Waals surface area (Å²) in [5.74, 6) is 0.319. The van der Waals surface area contributed by atoms with Crippen LogP contribution in [0.4, 0.5) is 11.5 Å². The van der Waals surface area contributed by atoms with Crippen molar-refractivity contribution in [1.29, 1.82) is 0 Å². The smallest absolute Gasteiger partial charge is 0.252 e. The predicted octanol–water partition coefficient (Wildman–Crippen LogP) is -0.0545. The number of nitrogens with one attached hydrogen (secondary N) is 1. The number of pyridine rings is 1. The number of aliphatic hydroxyl groups is 1. The van der Waals surface area contributed by atoms with Crippen LogP contribution in [-0.2, 0) is 0 Å². The van der Waals surface area contributed by atoms with Crippen molar-refractivity contribution in [3.05, 3.63) is 17.8 Å². The highest BCUT2D eigenvalue weighted by Gasteiger charge is 2.27. The molecule has 6 nitrogen and oxygen atoms in total. The quantitative estimate of drug-likeness (QED) is 0.585. The minimum Gasteiger partial charge on any atom is -0.397 e. The van der Waals surface area contributed by atoms with Gasteiger partial charge in [0.25, 0.3) is 5.91 Å². The number of primary amides is 1. The highest BCUT2D eigenvalue weighted by Crippen LogP contribution is 2.27. The van der Waals surface area contributed by atoms with Gasteiger partial charge in [-0.05, 0) is 24.8 Å². The Morgan fingerprint density at radius 2 is 2.29 bits per heavy atom.